The number of rotatable bonds is 4. The first-order valence-electron chi connectivity index (χ1n) is 5.61. The van der Waals surface area contributed by atoms with Crippen LogP contribution in [0.1, 0.15) is 12.1 Å². The average Bonchev–Trinajstić information content (AvgIpc) is 2.82. The lowest BCUT2D eigenvalue weighted by atomic mass is 10.2. The summed E-state index contributed by atoms with van der Waals surface area (Å²) in [7, 11) is 0. The Kier molecular flexibility index (Phi) is 4.47. The van der Waals surface area contributed by atoms with Gasteiger partial charge in [0, 0.05) is 5.56 Å². The highest BCUT2D eigenvalue weighted by Crippen LogP contribution is 2.24. The van der Waals surface area contributed by atoms with Crippen LogP contribution in [0.15, 0.2) is 39.9 Å². The Balaban J connectivity index is 2.11. The van der Waals surface area contributed by atoms with Gasteiger partial charge in [0.05, 0.1) is 12.3 Å². The third kappa shape index (κ3) is 3.43. The summed E-state index contributed by atoms with van der Waals surface area (Å²) < 4.78 is 5.30. The van der Waals surface area contributed by atoms with Crippen LogP contribution in [0.5, 0.6) is 0 Å². The van der Waals surface area contributed by atoms with Gasteiger partial charge in [-0.2, -0.15) is 10.4 Å². The molecule has 1 aromatic carbocycles. The second-order valence-electron chi connectivity index (χ2n) is 3.67. The van der Waals surface area contributed by atoms with Gasteiger partial charge in [-0.3, -0.25) is 4.79 Å². The lowest BCUT2D eigenvalue weighted by Gasteiger charge is -1.92. The first-order chi connectivity index (χ1) is 9.70. The van der Waals surface area contributed by atoms with Crippen molar-refractivity contribution < 1.29 is 9.21 Å². The number of hydrogen-bond acceptors (Lipinski definition) is 5. The molecule has 7 heteroatoms. The van der Waals surface area contributed by atoms with E-state index in [-0.39, 0.29) is 11.6 Å². The van der Waals surface area contributed by atoms with Crippen molar-refractivity contribution in [1.29, 1.82) is 5.26 Å². The SMILES string of the molecule is N#CCC(=O)NN=Cc1nc(-c2ccccc2)oc1Cl. The third-order valence-corrected chi connectivity index (χ3v) is 2.52. The maximum Gasteiger partial charge on any atom is 0.254 e. The number of aromatic nitrogens is 1. The number of benzene rings is 1. The van der Waals surface area contributed by atoms with E-state index in [1.165, 1.54) is 6.21 Å². The number of nitriles is 1. The summed E-state index contributed by atoms with van der Waals surface area (Å²) >= 11 is 5.89. The van der Waals surface area contributed by atoms with Gasteiger partial charge in [0.2, 0.25) is 11.1 Å². The largest absolute Gasteiger partial charge is 0.424 e. The van der Waals surface area contributed by atoms with E-state index in [0.717, 1.165) is 5.56 Å². The number of amides is 1. The molecule has 0 fully saturated rings. The Hall–Kier alpha value is -2.65. The molecule has 0 saturated heterocycles. The molecule has 1 aromatic heterocycles. The zero-order valence-corrected chi connectivity index (χ0v) is 11.0. The fourth-order valence-electron chi connectivity index (χ4n) is 1.37. The molecule has 1 N–H and O–H groups in total. The lowest BCUT2D eigenvalue weighted by molar-refractivity contribution is -0.120. The molecule has 20 heavy (non-hydrogen) atoms. The number of nitrogens with zero attached hydrogens (tertiary/aromatic N) is 3. The number of carbonyl (C=O) groups excluding carboxylic acids is 1. The minimum atomic E-state index is -0.508. The molecule has 0 aliphatic heterocycles. The van der Waals surface area contributed by atoms with Crippen molar-refractivity contribution in [1.82, 2.24) is 10.4 Å². The van der Waals surface area contributed by atoms with Crippen molar-refractivity contribution in [3.63, 3.8) is 0 Å². The van der Waals surface area contributed by atoms with Gasteiger partial charge in [-0.15, -0.1) is 0 Å². The lowest BCUT2D eigenvalue weighted by Crippen LogP contribution is -2.16. The molecular formula is C13H9ClN4O2. The third-order valence-electron chi connectivity index (χ3n) is 2.25. The van der Waals surface area contributed by atoms with E-state index in [2.05, 4.69) is 15.5 Å². The molecule has 2 aromatic rings. The Morgan fingerprint density at radius 2 is 2.25 bits per heavy atom. The van der Waals surface area contributed by atoms with Crippen LogP contribution in [-0.2, 0) is 4.79 Å². The van der Waals surface area contributed by atoms with Crippen molar-refractivity contribution in [3.05, 3.63) is 41.2 Å². The fourth-order valence-corrected chi connectivity index (χ4v) is 1.54. The first kappa shape index (κ1) is 13.8. The number of carbonyl (C=O) groups is 1. The minimum Gasteiger partial charge on any atom is -0.424 e. The van der Waals surface area contributed by atoms with Crippen LogP contribution in [0.25, 0.3) is 11.5 Å². The van der Waals surface area contributed by atoms with Crippen molar-refractivity contribution in [2.45, 2.75) is 6.42 Å². The van der Waals surface area contributed by atoms with Crippen molar-refractivity contribution in [2.24, 2.45) is 5.10 Å². The zero-order valence-electron chi connectivity index (χ0n) is 10.2. The summed E-state index contributed by atoms with van der Waals surface area (Å²) in [4.78, 5) is 15.2. The van der Waals surface area contributed by atoms with E-state index in [9.17, 15) is 4.79 Å². The number of nitrogens with one attached hydrogen (secondary N) is 1. The smallest absolute Gasteiger partial charge is 0.254 e. The molecule has 0 aliphatic rings. The van der Waals surface area contributed by atoms with Crippen LogP contribution in [-0.4, -0.2) is 17.1 Å². The number of oxazole rings is 1. The zero-order chi connectivity index (χ0) is 14.4. The van der Waals surface area contributed by atoms with Crippen molar-refractivity contribution in [2.75, 3.05) is 0 Å². The molecule has 1 heterocycles. The van der Waals surface area contributed by atoms with Gasteiger partial charge in [0.25, 0.3) is 5.91 Å². The Morgan fingerprint density at radius 3 is 2.95 bits per heavy atom. The van der Waals surface area contributed by atoms with E-state index in [1.807, 2.05) is 30.3 Å². The second kappa shape index (κ2) is 6.50. The molecule has 6 nitrogen and oxygen atoms in total. The van der Waals surface area contributed by atoms with Gasteiger partial charge in [-0.25, -0.2) is 10.4 Å². The molecule has 0 radical (unpaired) electrons. The highest BCUT2D eigenvalue weighted by molar-refractivity contribution is 6.31. The second-order valence-corrected chi connectivity index (χ2v) is 4.02. The van der Waals surface area contributed by atoms with E-state index < -0.39 is 5.91 Å². The van der Waals surface area contributed by atoms with Gasteiger partial charge in [0.15, 0.2) is 0 Å². The normalized spacial score (nSPS) is 10.4. The Labute approximate surface area is 119 Å². The van der Waals surface area contributed by atoms with E-state index >= 15 is 0 Å². The van der Waals surface area contributed by atoms with Gasteiger partial charge in [0.1, 0.15) is 12.1 Å². The van der Waals surface area contributed by atoms with Crippen LogP contribution in [0.3, 0.4) is 0 Å². The van der Waals surface area contributed by atoms with Crippen LogP contribution < -0.4 is 5.43 Å². The van der Waals surface area contributed by atoms with Gasteiger partial charge >= 0.3 is 0 Å². The predicted octanol–water partition coefficient (Wildman–Crippen LogP) is 2.36. The molecule has 0 atom stereocenters. The molecule has 0 spiro atoms. The summed E-state index contributed by atoms with van der Waals surface area (Å²) in [5.41, 5.74) is 3.25. The highest BCUT2D eigenvalue weighted by atomic mass is 35.5. The summed E-state index contributed by atoms with van der Waals surface area (Å²) in [5, 5.41) is 12.0. The summed E-state index contributed by atoms with van der Waals surface area (Å²) in [6.45, 7) is 0. The molecule has 0 saturated carbocycles. The van der Waals surface area contributed by atoms with E-state index in [4.69, 9.17) is 21.3 Å². The molecule has 0 unspecified atom stereocenters. The van der Waals surface area contributed by atoms with Crippen LogP contribution >= 0.6 is 11.6 Å². The van der Waals surface area contributed by atoms with E-state index in [1.54, 1.807) is 6.07 Å². The molecule has 100 valence electrons. The topological polar surface area (TPSA) is 91.3 Å². The maximum atomic E-state index is 11.0. The number of halogens is 1. The van der Waals surface area contributed by atoms with Crippen LogP contribution in [0, 0.1) is 11.3 Å². The quantitative estimate of drug-likeness (QED) is 0.690. The average molecular weight is 289 g/mol. The minimum absolute atomic E-state index is 0.0714. The Bertz CT molecular complexity index is 673. The molecule has 2 rings (SSSR count). The molecule has 1 amide bonds. The van der Waals surface area contributed by atoms with E-state index in [0.29, 0.717) is 11.6 Å². The molecular weight excluding hydrogens is 280 g/mol. The summed E-state index contributed by atoms with van der Waals surface area (Å²) in [5.74, 6) is -0.146. The monoisotopic (exact) mass is 288 g/mol. The Morgan fingerprint density at radius 1 is 1.50 bits per heavy atom. The van der Waals surface area contributed by atoms with Crippen LogP contribution in [0.4, 0.5) is 0 Å². The van der Waals surface area contributed by atoms with Gasteiger partial charge in [-0.05, 0) is 23.7 Å². The molecule has 0 bridgehead atoms. The van der Waals surface area contributed by atoms with Gasteiger partial charge in [-0.1, -0.05) is 18.2 Å². The van der Waals surface area contributed by atoms with Crippen molar-refractivity contribution >= 4 is 23.7 Å². The fraction of sp³-hybridized carbons (Fsp3) is 0.0769. The van der Waals surface area contributed by atoms with Crippen LogP contribution in [0.2, 0.25) is 5.22 Å². The predicted molar refractivity (Wildman–Crippen MR) is 72.9 cm³/mol. The summed E-state index contributed by atoms with van der Waals surface area (Å²) in [6.07, 6.45) is 0.993. The van der Waals surface area contributed by atoms with Crippen molar-refractivity contribution in [3.8, 4) is 17.5 Å². The maximum absolute atomic E-state index is 11.0. The highest BCUT2D eigenvalue weighted by Gasteiger charge is 2.11. The number of hydrazone groups is 1. The van der Waals surface area contributed by atoms with Gasteiger partial charge < -0.3 is 4.42 Å². The summed E-state index contributed by atoms with van der Waals surface area (Å²) in [6, 6.07) is 10.9. The standard InChI is InChI=1S/C13H9ClN4O2/c14-12-10(8-16-18-11(19)6-7-15)17-13(20-12)9-4-2-1-3-5-9/h1-5,8H,6H2,(H,18,19). The first-order valence-corrected chi connectivity index (χ1v) is 5.99. The number of hydrogen-bond donors (Lipinski definition) is 1. The molecule has 0 aliphatic carbocycles.